The summed E-state index contributed by atoms with van der Waals surface area (Å²) in [5.74, 6) is 0. The number of rotatable bonds is 5. The van der Waals surface area contributed by atoms with Crippen LogP contribution in [0.1, 0.15) is 19.8 Å². The first-order valence-electron chi connectivity index (χ1n) is 6.59. The highest BCUT2D eigenvalue weighted by molar-refractivity contribution is 7.89. The molecule has 5 nitrogen and oxygen atoms in total. The number of benzene rings is 1. The second-order valence-corrected chi connectivity index (χ2v) is 6.72. The molecule has 1 aromatic carbocycles. The lowest BCUT2D eigenvalue weighted by Crippen LogP contribution is -2.40. The molecular formula is C13H21N3O2S. The fourth-order valence-electron chi connectivity index (χ4n) is 2.34. The molecule has 1 heterocycles. The van der Waals surface area contributed by atoms with Gasteiger partial charge in [-0.1, -0.05) is 12.1 Å². The monoisotopic (exact) mass is 283 g/mol. The number of nitrogens with two attached hydrogens (primary N) is 1. The van der Waals surface area contributed by atoms with Gasteiger partial charge in [0.2, 0.25) is 10.0 Å². The van der Waals surface area contributed by atoms with Crippen LogP contribution in [0.3, 0.4) is 0 Å². The van der Waals surface area contributed by atoms with Crippen molar-refractivity contribution in [2.45, 2.75) is 30.7 Å². The second kappa shape index (κ2) is 5.90. The molecule has 1 aliphatic heterocycles. The summed E-state index contributed by atoms with van der Waals surface area (Å²) in [4.78, 5) is 2.46. The van der Waals surface area contributed by atoms with Gasteiger partial charge in [0.05, 0.1) is 5.69 Å². The van der Waals surface area contributed by atoms with Crippen molar-refractivity contribution in [3.05, 3.63) is 24.3 Å². The first-order valence-corrected chi connectivity index (χ1v) is 8.07. The minimum Gasteiger partial charge on any atom is -0.398 e. The fraction of sp³-hybridized carbons (Fsp3) is 0.538. The molecule has 0 radical (unpaired) electrons. The van der Waals surface area contributed by atoms with Gasteiger partial charge >= 0.3 is 0 Å². The Morgan fingerprint density at radius 3 is 2.58 bits per heavy atom. The number of para-hydroxylation sites is 1. The molecule has 1 unspecified atom stereocenters. The summed E-state index contributed by atoms with van der Waals surface area (Å²) in [5.41, 5.74) is 5.99. The topological polar surface area (TPSA) is 75.4 Å². The van der Waals surface area contributed by atoms with Crippen LogP contribution in [0.15, 0.2) is 29.2 Å². The zero-order valence-corrected chi connectivity index (χ0v) is 12.0. The highest BCUT2D eigenvalue weighted by atomic mass is 32.2. The van der Waals surface area contributed by atoms with Gasteiger partial charge in [-0.05, 0) is 45.0 Å². The number of anilines is 1. The van der Waals surface area contributed by atoms with E-state index in [0.717, 1.165) is 13.1 Å². The van der Waals surface area contributed by atoms with Crippen LogP contribution in [0.5, 0.6) is 0 Å². The van der Waals surface area contributed by atoms with Crippen molar-refractivity contribution in [3.63, 3.8) is 0 Å². The Balaban J connectivity index is 2.00. The lowest BCUT2D eigenvalue weighted by atomic mass is 10.3. The van der Waals surface area contributed by atoms with E-state index < -0.39 is 10.0 Å². The molecule has 2 rings (SSSR count). The standard InChI is InChI=1S/C13H21N3O2S/c1-11(16-8-4-5-9-16)10-15-19(17,18)13-7-3-2-6-12(13)14/h2-3,6-7,11,15H,4-5,8-10,14H2,1H3. The molecule has 3 N–H and O–H groups in total. The maximum atomic E-state index is 12.2. The number of sulfonamides is 1. The van der Waals surface area contributed by atoms with Crippen LogP contribution in [0.4, 0.5) is 5.69 Å². The molecule has 0 aliphatic carbocycles. The molecule has 0 saturated carbocycles. The van der Waals surface area contributed by atoms with E-state index in [1.54, 1.807) is 18.2 Å². The predicted molar refractivity (Wildman–Crippen MR) is 76.3 cm³/mol. The number of hydrogen-bond donors (Lipinski definition) is 2. The first kappa shape index (κ1) is 14.3. The Morgan fingerprint density at radius 2 is 1.95 bits per heavy atom. The summed E-state index contributed by atoms with van der Waals surface area (Å²) in [5, 5.41) is 0. The van der Waals surface area contributed by atoms with Crippen LogP contribution in [0.2, 0.25) is 0 Å². The van der Waals surface area contributed by atoms with Gasteiger partial charge in [0.15, 0.2) is 0 Å². The van der Waals surface area contributed by atoms with E-state index in [1.807, 2.05) is 6.92 Å². The molecule has 1 saturated heterocycles. The Kier molecular flexibility index (Phi) is 4.44. The molecular weight excluding hydrogens is 262 g/mol. The summed E-state index contributed by atoms with van der Waals surface area (Å²) >= 11 is 0. The van der Waals surface area contributed by atoms with E-state index in [9.17, 15) is 8.42 Å². The van der Waals surface area contributed by atoms with Gasteiger partial charge in [-0.25, -0.2) is 13.1 Å². The van der Waals surface area contributed by atoms with Crippen molar-refractivity contribution in [2.24, 2.45) is 0 Å². The van der Waals surface area contributed by atoms with Gasteiger partial charge in [-0.3, -0.25) is 4.90 Å². The first-order chi connectivity index (χ1) is 9.00. The van der Waals surface area contributed by atoms with Gasteiger partial charge in [0.25, 0.3) is 0 Å². The third-order valence-electron chi connectivity index (χ3n) is 3.54. The molecule has 19 heavy (non-hydrogen) atoms. The quantitative estimate of drug-likeness (QED) is 0.792. The molecule has 0 aromatic heterocycles. The van der Waals surface area contributed by atoms with Crippen molar-refractivity contribution < 1.29 is 8.42 Å². The highest BCUT2D eigenvalue weighted by Gasteiger charge is 2.21. The Hall–Kier alpha value is -1.11. The third-order valence-corrected chi connectivity index (χ3v) is 5.04. The zero-order valence-electron chi connectivity index (χ0n) is 11.2. The smallest absolute Gasteiger partial charge is 0.242 e. The van der Waals surface area contributed by atoms with Crippen LogP contribution in [0.25, 0.3) is 0 Å². The minimum absolute atomic E-state index is 0.156. The number of nitrogens with zero attached hydrogens (tertiary/aromatic N) is 1. The van der Waals surface area contributed by atoms with E-state index in [4.69, 9.17) is 5.73 Å². The van der Waals surface area contributed by atoms with E-state index in [-0.39, 0.29) is 16.6 Å². The zero-order chi connectivity index (χ0) is 13.9. The van der Waals surface area contributed by atoms with E-state index in [0.29, 0.717) is 6.54 Å². The van der Waals surface area contributed by atoms with Gasteiger partial charge < -0.3 is 5.73 Å². The SMILES string of the molecule is CC(CNS(=O)(=O)c1ccccc1N)N1CCCC1. The Morgan fingerprint density at radius 1 is 1.32 bits per heavy atom. The van der Waals surface area contributed by atoms with E-state index >= 15 is 0 Å². The highest BCUT2D eigenvalue weighted by Crippen LogP contribution is 2.17. The average molecular weight is 283 g/mol. The molecule has 0 spiro atoms. The number of nitrogen functional groups attached to an aromatic ring is 1. The summed E-state index contributed by atoms with van der Waals surface area (Å²) in [7, 11) is -3.52. The maximum absolute atomic E-state index is 12.2. The number of hydrogen-bond acceptors (Lipinski definition) is 4. The molecule has 106 valence electrons. The molecule has 1 aliphatic rings. The normalized spacial score (nSPS) is 18.6. The Labute approximate surface area is 114 Å². The van der Waals surface area contributed by atoms with Crippen molar-refractivity contribution in [1.29, 1.82) is 0 Å². The fourth-order valence-corrected chi connectivity index (χ4v) is 3.60. The van der Waals surface area contributed by atoms with Gasteiger partial charge in [0, 0.05) is 12.6 Å². The van der Waals surface area contributed by atoms with Crippen molar-refractivity contribution in [2.75, 3.05) is 25.4 Å². The van der Waals surface area contributed by atoms with Gasteiger partial charge in [0.1, 0.15) is 4.90 Å². The van der Waals surface area contributed by atoms with Crippen LogP contribution in [-0.2, 0) is 10.0 Å². The van der Waals surface area contributed by atoms with Crippen molar-refractivity contribution in [1.82, 2.24) is 9.62 Å². The number of likely N-dealkylation sites (tertiary alicyclic amines) is 1. The summed E-state index contributed by atoms with van der Waals surface area (Å²) in [6, 6.07) is 6.73. The maximum Gasteiger partial charge on any atom is 0.242 e. The largest absolute Gasteiger partial charge is 0.398 e. The van der Waals surface area contributed by atoms with Crippen LogP contribution in [0, 0.1) is 0 Å². The van der Waals surface area contributed by atoms with Crippen LogP contribution in [-0.4, -0.2) is 39.0 Å². The summed E-state index contributed by atoms with van der Waals surface area (Å²) < 4.78 is 27.0. The molecule has 1 atom stereocenters. The lowest BCUT2D eigenvalue weighted by molar-refractivity contribution is 0.260. The van der Waals surface area contributed by atoms with Crippen LogP contribution < -0.4 is 10.5 Å². The van der Waals surface area contributed by atoms with Crippen molar-refractivity contribution in [3.8, 4) is 0 Å². The van der Waals surface area contributed by atoms with E-state index in [2.05, 4.69) is 9.62 Å². The molecule has 0 amide bonds. The average Bonchev–Trinajstić information content (AvgIpc) is 2.90. The summed E-state index contributed by atoms with van der Waals surface area (Å²) in [6.45, 7) is 4.56. The number of nitrogens with one attached hydrogen (secondary N) is 1. The minimum atomic E-state index is -3.52. The van der Waals surface area contributed by atoms with Crippen molar-refractivity contribution >= 4 is 15.7 Å². The second-order valence-electron chi connectivity index (χ2n) is 4.98. The third kappa shape index (κ3) is 3.46. The molecule has 6 heteroatoms. The summed E-state index contributed by atoms with van der Waals surface area (Å²) in [6.07, 6.45) is 2.39. The van der Waals surface area contributed by atoms with E-state index in [1.165, 1.54) is 18.9 Å². The predicted octanol–water partition coefficient (Wildman–Crippen LogP) is 1.03. The molecule has 1 fully saturated rings. The van der Waals surface area contributed by atoms with Crippen LogP contribution >= 0.6 is 0 Å². The molecule has 0 bridgehead atoms. The van der Waals surface area contributed by atoms with Gasteiger partial charge in [-0.15, -0.1) is 0 Å². The lowest BCUT2D eigenvalue weighted by Gasteiger charge is -2.23. The molecule has 1 aromatic rings. The Bertz CT molecular complexity index is 524. The van der Waals surface area contributed by atoms with Gasteiger partial charge in [-0.2, -0.15) is 0 Å².